The minimum Gasteiger partial charge on any atom is -0.327 e. The van der Waals surface area contributed by atoms with Gasteiger partial charge in [0.2, 0.25) is 0 Å². The third kappa shape index (κ3) is 2.60. The molecule has 2 N–H and O–H groups in total. The largest absolute Gasteiger partial charge is 0.327 e. The van der Waals surface area contributed by atoms with Crippen LogP contribution in [0.3, 0.4) is 0 Å². The second-order valence-corrected chi connectivity index (χ2v) is 4.99. The van der Waals surface area contributed by atoms with E-state index in [9.17, 15) is 0 Å². The second-order valence-electron chi connectivity index (χ2n) is 4.99. The summed E-state index contributed by atoms with van der Waals surface area (Å²) in [7, 11) is 0. The summed E-state index contributed by atoms with van der Waals surface area (Å²) >= 11 is 0. The predicted molar refractivity (Wildman–Crippen MR) is 64.7 cm³/mol. The molecule has 1 aromatic carbocycles. The molecular weight excluding hydrogens is 182 g/mol. The number of rotatable bonds is 4. The Kier molecular flexibility index (Phi) is 3.11. The van der Waals surface area contributed by atoms with Crippen molar-refractivity contribution < 1.29 is 0 Å². The third-order valence-electron chi connectivity index (χ3n) is 3.76. The molecule has 82 valence electrons. The summed E-state index contributed by atoms with van der Waals surface area (Å²) < 4.78 is 0. The van der Waals surface area contributed by atoms with Crippen molar-refractivity contribution in [1.29, 1.82) is 0 Å². The zero-order valence-corrected chi connectivity index (χ0v) is 9.74. The van der Waals surface area contributed by atoms with Crippen LogP contribution in [0.4, 0.5) is 0 Å². The summed E-state index contributed by atoms with van der Waals surface area (Å²) in [6.07, 6.45) is 3.82. The molecule has 1 aliphatic rings. The SMILES string of the molecule is Cc1ccccc1CC(N)C(C)C1CC1. The highest BCUT2D eigenvalue weighted by atomic mass is 14.7. The molecule has 1 fully saturated rings. The maximum atomic E-state index is 6.26. The van der Waals surface area contributed by atoms with E-state index in [2.05, 4.69) is 38.1 Å². The molecule has 0 bridgehead atoms. The molecule has 2 unspecified atom stereocenters. The van der Waals surface area contributed by atoms with E-state index in [4.69, 9.17) is 5.73 Å². The molecule has 2 rings (SSSR count). The fourth-order valence-electron chi connectivity index (χ4n) is 2.25. The van der Waals surface area contributed by atoms with Gasteiger partial charge in [0.25, 0.3) is 0 Å². The molecule has 0 aliphatic heterocycles. The molecule has 0 heterocycles. The first-order valence-corrected chi connectivity index (χ1v) is 5.98. The van der Waals surface area contributed by atoms with Crippen LogP contribution in [-0.4, -0.2) is 6.04 Å². The quantitative estimate of drug-likeness (QED) is 0.800. The van der Waals surface area contributed by atoms with Gasteiger partial charge < -0.3 is 5.73 Å². The van der Waals surface area contributed by atoms with Crippen molar-refractivity contribution >= 4 is 0 Å². The van der Waals surface area contributed by atoms with Gasteiger partial charge in [-0.15, -0.1) is 0 Å². The third-order valence-corrected chi connectivity index (χ3v) is 3.76. The maximum absolute atomic E-state index is 6.26. The van der Waals surface area contributed by atoms with Crippen LogP contribution < -0.4 is 5.73 Å². The van der Waals surface area contributed by atoms with Crippen molar-refractivity contribution in [1.82, 2.24) is 0 Å². The summed E-state index contributed by atoms with van der Waals surface area (Å²) in [4.78, 5) is 0. The van der Waals surface area contributed by atoms with E-state index in [1.54, 1.807) is 0 Å². The molecule has 1 saturated carbocycles. The Morgan fingerprint density at radius 2 is 2.00 bits per heavy atom. The van der Waals surface area contributed by atoms with Crippen LogP contribution in [-0.2, 0) is 6.42 Å². The Balaban J connectivity index is 1.98. The van der Waals surface area contributed by atoms with Crippen molar-refractivity contribution in [3.05, 3.63) is 35.4 Å². The Morgan fingerprint density at radius 3 is 2.60 bits per heavy atom. The lowest BCUT2D eigenvalue weighted by atomic mass is 9.90. The number of hydrogen-bond acceptors (Lipinski definition) is 1. The summed E-state index contributed by atoms with van der Waals surface area (Å²) in [6, 6.07) is 8.91. The van der Waals surface area contributed by atoms with Gasteiger partial charge in [0.15, 0.2) is 0 Å². The highest BCUT2D eigenvalue weighted by Crippen LogP contribution is 2.38. The van der Waals surface area contributed by atoms with Crippen molar-refractivity contribution in [2.45, 2.75) is 39.2 Å². The zero-order chi connectivity index (χ0) is 10.8. The highest BCUT2D eigenvalue weighted by Gasteiger charge is 2.31. The van der Waals surface area contributed by atoms with E-state index in [0.717, 1.165) is 12.3 Å². The molecule has 2 atom stereocenters. The first-order valence-electron chi connectivity index (χ1n) is 5.98. The maximum Gasteiger partial charge on any atom is 0.0108 e. The van der Waals surface area contributed by atoms with Crippen LogP contribution in [0, 0.1) is 18.8 Å². The van der Waals surface area contributed by atoms with E-state index in [0.29, 0.717) is 12.0 Å². The highest BCUT2D eigenvalue weighted by molar-refractivity contribution is 5.26. The van der Waals surface area contributed by atoms with Gasteiger partial charge in [-0.2, -0.15) is 0 Å². The molecule has 0 amide bonds. The van der Waals surface area contributed by atoms with Crippen molar-refractivity contribution in [2.24, 2.45) is 17.6 Å². The monoisotopic (exact) mass is 203 g/mol. The molecule has 1 heteroatoms. The lowest BCUT2D eigenvalue weighted by Gasteiger charge is -2.20. The Morgan fingerprint density at radius 1 is 1.33 bits per heavy atom. The van der Waals surface area contributed by atoms with Gasteiger partial charge in [0, 0.05) is 6.04 Å². The normalized spacial score (nSPS) is 19.9. The van der Waals surface area contributed by atoms with E-state index < -0.39 is 0 Å². The number of hydrogen-bond donors (Lipinski definition) is 1. The van der Waals surface area contributed by atoms with Crippen molar-refractivity contribution in [3.63, 3.8) is 0 Å². The van der Waals surface area contributed by atoms with E-state index >= 15 is 0 Å². The summed E-state index contributed by atoms with van der Waals surface area (Å²) in [5.41, 5.74) is 9.04. The van der Waals surface area contributed by atoms with Gasteiger partial charge in [-0.1, -0.05) is 31.2 Å². The average molecular weight is 203 g/mol. The zero-order valence-electron chi connectivity index (χ0n) is 9.74. The lowest BCUT2D eigenvalue weighted by molar-refractivity contribution is 0.404. The molecule has 0 saturated heterocycles. The number of nitrogens with two attached hydrogens (primary N) is 1. The van der Waals surface area contributed by atoms with Crippen LogP contribution in [0.1, 0.15) is 30.9 Å². The van der Waals surface area contributed by atoms with Gasteiger partial charge in [-0.3, -0.25) is 0 Å². The molecule has 0 radical (unpaired) electrons. The van der Waals surface area contributed by atoms with Crippen LogP contribution in [0.25, 0.3) is 0 Å². The second kappa shape index (κ2) is 4.36. The molecule has 0 aromatic heterocycles. The smallest absolute Gasteiger partial charge is 0.0108 e. The van der Waals surface area contributed by atoms with Crippen LogP contribution in [0.2, 0.25) is 0 Å². The molecule has 1 aliphatic carbocycles. The molecule has 15 heavy (non-hydrogen) atoms. The average Bonchev–Trinajstić information content (AvgIpc) is 3.04. The summed E-state index contributed by atoms with van der Waals surface area (Å²) in [6.45, 7) is 4.48. The Bertz CT molecular complexity index is 328. The van der Waals surface area contributed by atoms with Crippen LogP contribution in [0.15, 0.2) is 24.3 Å². The topological polar surface area (TPSA) is 26.0 Å². The van der Waals surface area contributed by atoms with Crippen LogP contribution >= 0.6 is 0 Å². The van der Waals surface area contributed by atoms with Crippen molar-refractivity contribution in [3.8, 4) is 0 Å². The van der Waals surface area contributed by atoms with E-state index in [-0.39, 0.29) is 0 Å². The standard InChI is InChI=1S/C14H21N/c1-10-5-3-4-6-13(10)9-14(15)11(2)12-7-8-12/h3-6,11-12,14H,7-9,15H2,1-2H3. The fourth-order valence-corrected chi connectivity index (χ4v) is 2.25. The fraction of sp³-hybridized carbons (Fsp3) is 0.571. The lowest BCUT2D eigenvalue weighted by Crippen LogP contribution is -2.32. The van der Waals surface area contributed by atoms with Gasteiger partial charge >= 0.3 is 0 Å². The molecular formula is C14H21N. The molecule has 1 nitrogen and oxygen atoms in total. The minimum absolute atomic E-state index is 0.332. The predicted octanol–water partition coefficient (Wildman–Crippen LogP) is 2.91. The molecule has 0 spiro atoms. The number of benzene rings is 1. The van der Waals surface area contributed by atoms with Crippen LogP contribution in [0.5, 0.6) is 0 Å². The summed E-state index contributed by atoms with van der Waals surface area (Å²) in [5, 5.41) is 0. The first-order chi connectivity index (χ1) is 7.18. The Hall–Kier alpha value is -0.820. The van der Waals surface area contributed by atoms with Gasteiger partial charge in [-0.25, -0.2) is 0 Å². The Labute approximate surface area is 92.7 Å². The van der Waals surface area contributed by atoms with E-state index in [1.807, 2.05) is 0 Å². The minimum atomic E-state index is 0.332. The van der Waals surface area contributed by atoms with E-state index in [1.165, 1.54) is 24.0 Å². The van der Waals surface area contributed by atoms with Gasteiger partial charge in [-0.05, 0) is 49.1 Å². The number of aryl methyl sites for hydroxylation is 1. The molecule has 1 aromatic rings. The first kappa shape index (κ1) is 10.7. The summed E-state index contributed by atoms with van der Waals surface area (Å²) in [5.74, 6) is 1.59. The van der Waals surface area contributed by atoms with Crippen molar-refractivity contribution in [2.75, 3.05) is 0 Å². The van der Waals surface area contributed by atoms with Gasteiger partial charge in [0.05, 0.1) is 0 Å². The van der Waals surface area contributed by atoms with Gasteiger partial charge in [0.1, 0.15) is 0 Å².